The van der Waals surface area contributed by atoms with Crippen LogP contribution in [0.15, 0.2) is 0 Å². The zero-order chi connectivity index (χ0) is 10.3. The second-order valence-electron chi connectivity index (χ2n) is 2.83. The van der Waals surface area contributed by atoms with Crippen LogP contribution in [-0.2, 0) is 9.53 Å². The van der Waals surface area contributed by atoms with E-state index in [1.807, 2.05) is 0 Å². The fourth-order valence-electron chi connectivity index (χ4n) is 0.857. The van der Waals surface area contributed by atoms with Gasteiger partial charge < -0.3 is 21.3 Å². The van der Waals surface area contributed by atoms with Crippen LogP contribution < -0.4 is 11.5 Å². The van der Waals surface area contributed by atoms with Crippen LogP contribution in [0, 0.1) is 0 Å². The van der Waals surface area contributed by atoms with Gasteiger partial charge in [-0.2, -0.15) is 0 Å². The molecule has 0 aromatic carbocycles. The van der Waals surface area contributed by atoms with Crippen molar-refractivity contribution >= 4 is 5.97 Å². The minimum atomic E-state index is -0.652. The topological polar surface area (TPSA) is 98.6 Å². The number of ether oxygens (including phenoxy) is 1. The second kappa shape index (κ2) is 6.82. The molecular weight excluding hydrogens is 172 g/mol. The van der Waals surface area contributed by atoms with Gasteiger partial charge in [-0.3, -0.25) is 4.79 Å². The molecule has 13 heavy (non-hydrogen) atoms. The molecule has 0 amide bonds. The van der Waals surface area contributed by atoms with E-state index in [-0.39, 0.29) is 6.54 Å². The van der Waals surface area contributed by atoms with Gasteiger partial charge in [-0.1, -0.05) is 0 Å². The molecule has 5 N–H and O–H groups in total. The Bertz CT molecular complexity index is 152. The predicted molar refractivity (Wildman–Crippen MR) is 48.9 cm³/mol. The molecule has 0 spiro atoms. The Labute approximate surface area is 78.0 Å². The molecule has 5 heteroatoms. The highest BCUT2D eigenvalue weighted by molar-refractivity contribution is 5.75. The Morgan fingerprint density at radius 3 is 2.62 bits per heavy atom. The molecule has 0 aromatic heterocycles. The number of nitrogens with two attached hydrogens (primary N) is 2. The van der Waals surface area contributed by atoms with Crippen molar-refractivity contribution in [2.75, 3.05) is 13.2 Å². The van der Waals surface area contributed by atoms with Gasteiger partial charge in [0.1, 0.15) is 6.04 Å². The van der Waals surface area contributed by atoms with E-state index in [2.05, 4.69) is 0 Å². The minimum Gasteiger partial charge on any atom is -0.465 e. The monoisotopic (exact) mass is 190 g/mol. The molecule has 0 radical (unpaired) electrons. The SMILES string of the molecule is CCOC(=O)[C@@H](N)CC[C@@H](O)CN. The second-order valence-corrected chi connectivity index (χ2v) is 2.83. The molecule has 5 nitrogen and oxygen atoms in total. The Hall–Kier alpha value is -0.650. The van der Waals surface area contributed by atoms with Gasteiger partial charge in [0.05, 0.1) is 12.7 Å². The molecule has 0 aliphatic rings. The van der Waals surface area contributed by atoms with Crippen LogP contribution in [0.1, 0.15) is 19.8 Å². The summed E-state index contributed by atoms with van der Waals surface area (Å²) < 4.78 is 4.69. The van der Waals surface area contributed by atoms with Crippen LogP contribution in [0.2, 0.25) is 0 Å². The van der Waals surface area contributed by atoms with Crippen molar-refractivity contribution in [2.45, 2.75) is 31.9 Å². The number of hydrogen-bond donors (Lipinski definition) is 3. The van der Waals surface area contributed by atoms with Crippen LogP contribution >= 0.6 is 0 Å². The molecule has 0 fully saturated rings. The van der Waals surface area contributed by atoms with E-state index >= 15 is 0 Å². The number of esters is 1. The van der Waals surface area contributed by atoms with Gasteiger partial charge in [0, 0.05) is 6.54 Å². The number of hydrogen-bond acceptors (Lipinski definition) is 5. The number of aliphatic hydroxyl groups excluding tert-OH is 1. The van der Waals surface area contributed by atoms with Crippen LogP contribution in [0.4, 0.5) is 0 Å². The van der Waals surface area contributed by atoms with Crippen LogP contribution in [0.3, 0.4) is 0 Å². The van der Waals surface area contributed by atoms with Gasteiger partial charge >= 0.3 is 5.97 Å². The standard InChI is InChI=1S/C8H18N2O3/c1-2-13-8(12)7(10)4-3-6(11)5-9/h6-7,11H,2-5,9-10H2,1H3/t6-,7+/m1/s1. The first-order valence-electron chi connectivity index (χ1n) is 4.42. The maximum atomic E-state index is 11.0. The van der Waals surface area contributed by atoms with E-state index in [1.165, 1.54) is 0 Å². The van der Waals surface area contributed by atoms with Crippen LogP contribution in [0.25, 0.3) is 0 Å². The van der Waals surface area contributed by atoms with E-state index in [1.54, 1.807) is 6.92 Å². The average molecular weight is 190 g/mol. The van der Waals surface area contributed by atoms with Gasteiger partial charge in [-0.15, -0.1) is 0 Å². The summed E-state index contributed by atoms with van der Waals surface area (Å²) >= 11 is 0. The predicted octanol–water partition coefficient (Wildman–Crippen LogP) is -1.02. The van der Waals surface area contributed by atoms with Crippen molar-refractivity contribution in [3.63, 3.8) is 0 Å². The summed E-state index contributed by atoms with van der Waals surface area (Å²) in [6.07, 6.45) is 0.244. The van der Waals surface area contributed by atoms with Gasteiger partial charge in [0.2, 0.25) is 0 Å². The first kappa shape index (κ1) is 12.3. The highest BCUT2D eigenvalue weighted by Crippen LogP contribution is 2.00. The normalized spacial score (nSPS) is 15.1. The van der Waals surface area contributed by atoms with Crippen molar-refractivity contribution in [2.24, 2.45) is 11.5 Å². The van der Waals surface area contributed by atoms with E-state index in [9.17, 15) is 4.79 Å². The molecule has 0 aliphatic heterocycles. The molecule has 0 rings (SSSR count). The summed E-state index contributed by atoms with van der Waals surface area (Å²) in [6.45, 7) is 2.24. The third-order valence-corrected chi connectivity index (χ3v) is 1.67. The molecule has 0 aromatic rings. The summed E-state index contributed by atoms with van der Waals surface area (Å²) in [5.74, 6) is -0.424. The average Bonchev–Trinajstić information content (AvgIpc) is 2.13. The highest BCUT2D eigenvalue weighted by Gasteiger charge is 2.15. The lowest BCUT2D eigenvalue weighted by molar-refractivity contribution is -0.144. The maximum absolute atomic E-state index is 11.0. The summed E-state index contributed by atoms with van der Waals surface area (Å²) in [6, 6.07) is -0.652. The summed E-state index contributed by atoms with van der Waals surface area (Å²) in [4.78, 5) is 11.0. The minimum absolute atomic E-state index is 0.190. The van der Waals surface area contributed by atoms with E-state index in [0.29, 0.717) is 19.4 Å². The molecule has 0 aliphatic carbocycles. The summed E-state index contributed by atoms with van der Waals surface area (Å²) in [5, 5.41) is 9.09. The Balaban J connectivity index is 3.60. The molecule has 0 bridgehead atoms. The van der Waals surface area contributed by atoms with Gasteiger partial charge in [-0.25, -0.2) is 0 Å². The largest absolute Gasteiger partial charge is 0.465 e. The quantitative estimate of drug-likeness (QED) is 0.465. The van der Waals surface area contributed by atoms with Crippen LogP contribution in [0.5, 0.6) is 0 Å². The first-order valence-corrected chi connectivity index (χ1v) is 4.42. The molecule has 2 atom stereocenters. The van der Waals surface area contributed by atoms with Gasteiger partial charge in [-0.05, 0) is 19.8 Å². The van der Waals surface area contributed by atoms with Crippen molar-refractivity contribution in [3.05, 3.63) is 0 Å². The Kier molecular flexibility index (Phi) is 6.48. The molecule has 78 valence electrons. The lowest BCUT2D eigenvalue weighted by Crippen LogP contribution is -2.34. The third kappa shape index (κ3) is 5.57. The molecule has 0 saturated heterocycles. The zero-order valence-corrected chi connectivity index (χ0v) is 7.90. The number of aliphatic hydroxyl groups is 1. The third-order valence-electron chi connectivity index (χ3n) is 1.67. The number of carbonyl (C=O) groups is 1. The maximum Gasteiger partial charge on any atom is 0.322 e. The molecule has 0 unspecified atom stereocenters. The number of carbonyl (C=O) groups excluding carboxylic acids is 1. The molecular formula is C8H18N2O3. The lowest BCUT2D eigenvalue weighted by Gasteiger charge is -2.12. The first-order chi connectivity index (χ1) is 6.11. The fourth-order valence-corrected chi connectivity index (χ4v) is 0.857. The Morgan fingerprint density at radius 2 is 2.15 bits per heavy atom. The van der Waals surface area contributed by atoms with E-state index in [4.69, 9.17) is 21.3 Å². The van der Waals surface area contributed by atoms with E-state index in [0.717, 1.165) is 0 Å². The van der Waals surface area contributed by atoms with Gasteiger partial charge in [0.25, 0.3) is 0 Å². The van der Waals surface area contributed by atoms with Crippen LogP contribution in [-0.4, -0.2) is 36.4 Å². The fraction of sp³-hybridized carbons (Fsp3) is 0.875. The van der Waals surface area contributed by atoms with Crippen molar-refractivity contribution in [3.8, 4) is 0 Å². The molecule has 0 saturated carbocycles. The summed E-state index contributed by atoms with van der Waals surface area (Å²) in [7, 11) is 0. The zero-order valence-electron chi connectivity index (χ0n) is 7.90. The highest BCUT2D eigenvalue weighted by atomic mass is 16.5. The number of rotatable bonds is 6. The van der Waals surface area contributed by atoms with E-state index < -0.39 is 18.1 Å². The van der Waals surface area contributed by atoms with Crippen molar-refractivity contribution in [1.82, 2.24) is 0 Å². The summed E-state index contributed by atoms with van der Waals surface area (Å²) in [5.41, 5.74) is 10.7. The lowest BCUT2D eigenvalue weighted by atomic mass is 10.1. The van der Waals surface area contributed by atoms with Crippen molar-refractivity contribution < 1.29 is 14.6 Å². The smallest absolute Gasteiger partial charge is 0.322 e. The van der Waals surface area contributed by atoms with Gasteiger partial charge in [0.15, 0.2) is 0 Å². The Morgan fingerprint density at radius 1 is 1.54 bits per heavy atom. The molecule has 0 heterocycles. The van der Waals surface area contributed by atoms with Crippen molar-refractivity contribution in [1.29, 1.82) is 0 Å².